The van der Waals surface area contributed by atoms with Crippen LogP contribution in [0.15, 0.2) is 24.3 Å². The van der Waals surface area contributed by atoms with Crippen molar-refractivity contribution in [2.24, 2.45) is 11.8 Å². The zero-order valence-corrected chi connectivity index (χ0v) is 16.4. The van der Waals surface area contributed by atoms with E-state index in [9.17, 15) is 19.2 Å². The number of esters is 1. The predicted molar refractivity (Wildman–Crippen MR) is 101 cm³/mol. The van der Waals surface area contributed by atoms with Crippen molar-refractivity contribution >= 4 is 35.3 Å². The highest BCUT2D eigenvalue weighted by atomic mass is 35.5. The fourth-order valence-electron chi connectivity index (χ4n) is 3.85. The van der Waals surface area contributed by atoms with Gasteiger partial charge in [0.2, 0.25) is 11.8 Å². The average molecular weight is 407 g/mol. The molecular weight excluding hydrogens is 384 g/mol. The minimum atomic E-state index is -0.772. The van der Waals surface area contributed by atoms with Crippen molar-refractivity contribution in [1.29, 1.82) is 0 Å². The Hall–Kier alpha value is -2.41. The number of nitrogens with zero attached hydrogens (tertiary/aromatic N) is 1. The van der Waals surface area contributed by atoms with Gasteiger partial charge in [-0.1, -0.05) is 36.6 Å². The molecule has 1 saturated carbocycles. The number of benzene rings is 1. The molecule has 150 valence electrons. The molecule has 3 atom stereocenters. The zero-order valence-electron chi connectivity index (χ0n) is 15.7. The first-order valence-corrected chi connectivity index (χ1v) is 9.80. The summed E-state index contributed by atoms with van der Waals surface area (Å²) in [6, 6.07) is 6.77. The van der Waals surface area contributed by atoms with Crippen LogP contribution in [0.25, 0.3) is 0 Å². The molecule has 2 fully saturated rings. The van der Waals surface area contributed by atoms with Gasteiger partial charge in [0, 0.05) is 5.02 Å². The molecule has 0 bridgehead atoms. The maximum Gasteiger partial charge on any atom is 0.326 e. The van der Waals surface area contributed by atoms with Crippen LogP contribution >= 0.6 is 11.6 Å². The highest BCUT2D eigenvalue weighted by Gasteiger charge is 2.48. The number of halogens is 1. The van der Waals surface area contributed by atoms with E-state index in [2.05, 4.69) is 5.32 Å². The van der Waals surface area contributed by atoms with Crippen molar-refractivity contribution in [3.05, 3.63) is 34.9 Å². The molecule has 1 aliphatic heterocycles. The number of carbonyl (C=O) groups is 4. The lowest BCUT2D eigenvalue weighted by molar-refractivity contribution is -0.155. The van der Waals surface area contributed by atoms with Gasteiger partial charge in [0.05, 0.1) is 17.9 Å². The third-order valence-corrected chi connectivity index (χ3v) is 5.55. The lowest BCUT2D eigenvalue weighted by Gasteiger charge is -2.19. The number of carbonyl (C=O) groups excluding carboxylic acids is 4. The maximum absolute atomic E-state index is 12.4. The summed E-state index contributed by atoms with van der Waals surface area (Å²) in [5.74, 6) is -2.47. The number of nitrogens with one attached hydrogen (secondary N) is 1. The SMILES string of the molecule is C[C@@H](NC(=O)COC(=O)CN1C(=O)[C@H]2CCCC[C@@H]2C1=O)c1cccc(Cl)c1. The molecule has 0 unspecified atom stereocenters. The van der Waals surface area contributed by atoms with E-state index in [1.54, 1.807) is 25.1 Å². The lowest BCUT2D eigenvalue weighted by atomic mass is 9.81. The van der Waals surface area contributed by atoms with E-state index in [1.165, 1.54) is 0 Å². The summed E-state index contributed by atoms with van der Waals surface area (Å²) < 4.78 is 4.95. The van der Waals surface area contributed by atoms with Crippen molar-refractivity contribution < 1.29 is 23.9 Å². The summed E-state index contributed by atoms with van der Waals surface area (Å²) in [7, 11) is 0. The van der Waals surface area contributed by atoms with Gasteiger partial charge in [-0.3, -0.25) is 24.1 Å². The number of likely N-dealkylation sites (tertiary alicyclic amines) is 1. The van der Waals surface area contributed by atoms with Gasteiger partial charge in [-0.15, -0.1) is 0 Å². The average Bonchev–Trinajstić information content (AvgIpc) is 2.91. The topological polar surface area (TPSA) is 92.8 Å². The number of imide groups is 1. The molecule has 0 aromatic heterocycles. The minimum Gasteiger partial charge on any atom is -0.454 e. The van der Waals surface area contributed by atoms with Gasteiger partial charge < -0.3 is 10.1 Å². The van der Waals surface area contributed by atoms with Crippen molar-refractivity contribution in [3.63, 3.8) is 0 Å². The second kappa shape index (κ2) is 8.73. The molecule has 3 amide bonds. The fraction of sp³-hybridized carbons (Fsp3) is 0.500. The monoisotopic (exact) mass is 406 g/mol. The second-order valence-electron chi connectivity index (χ2n) is 7.26. The van der Waals surface area contributed by atoms with Crippen molar-refractivity contribution in [2.75, 3.05) is 13.2 Å². The molecule has 0 spiro atoms. The maximum atomic E-state index is 12.4. The molecule has 1 aromatic rings. The molecule has 1 aromatic carbocycles. The fourth-order valence-corrected chi connectivity index (χ4v) is 4.05. The molecule has 2 aliphatic rings. The van der Waals surface area contributed by atoms with Crippen LogP contribution in [0.5, 0.6) is 0 Å². The van der Waals surface area contributed by atoms with E-state index in [4.69, 9.17) is 16.3 Å². The molecule has 1 N–H and O–H groups in total. The Morgan fingerprint density at radius 1 is 1.21 bits per heavy atom. The Bertz CT molecular complexity index is 773. The summed E-state index contributed by atoms with van der Waals surface area (Å²) in [6.07, 6.45) is 3.21. The quantitative estimate of drug-likeness (QED) is 0.577. The third-order valence-electron chi connectivity index (χ3n) is 5.31. The zero-order chi connectivity index (χ0) is 20.3. The molecule has 1 heterocycles. The van der Waals surface area contributed by atoms with Crippen LogP contribution in [0.3, 0.4) is 0 Å². The van der Waals surface area contributed by atoms with Gasteiger partial charge in [-0.05, 0) is 37.5 Å². The first-order chi connectivity index (χ1) is 13.4. The highest BCUT2D eigenvalue weighted by molar-refractivity contribution is 6.30. The number of rotatable bonds is 6. The van der Waals surface area contributed by atoms with Gasteiger partial charge in [0.1, 0.15) is 6.54 Å². The van der Waals surface area contributed by atoms with E-state index in [0.717, 1.165) is 23.3 Å². The van der Waals surface area contributed by atoms with Gasteiger partial charge in [-0.2, -0.15) is 0 Å². The summed E-state index contributed by atoms with van der Waals surface area (Å²) in [5, 5.41) is 3.27. The van der Waals surface area contributed by atoms with Crippen molar-refractivity contribution in [2.45, 2.75) is 38.6 Å². The minimum absolute atomic E-state index is 0.300. The lowest BCUT2D eigenvalue weighted by Crippen LogP contribution is -2.38. The largest absolute Gasteiger partial charge is 0.454 e. The van der Waals surface area contributed by atoms with Crippen LogP contribution in [0.1, 0.15) is 44.2 Å². The molecule has 1 aliphatic carbocycles. The van der Waals surface area contributed by atoms with Crippen LogP contribution < -0.4 is 5.32 Å². The summed E-state index contributed by atoms with van der Waals surface area (Å²) >= 11 is 5.94. The molecule has 0 radical (unpaired) electrons. The summed E-state index contributed by atoms with van der Waals surface area (Å²) in [5.41, 5.74) is 0.822. The molecule has 8 heteroatoms. The number of hydrogen-bond donors (Lipinski definition) is 1. The molecule has 28 heavy (non-hydrogen) atoms. The van der Waals surface area contributed by atoms with Gasteiger partial charge >= 0.3 is 5.97 Å². The van der Waals surface area contributed by atoms with Gasteiger partial charge in [0.25, 0.3) is 5.91 Å². The van der Waals surface area contributed by atoms with E-state index in [1.807, 2.05) is 6.07 Å². The number of fused-ring (bicyclic) bond motifs is 1. The van der Waals surface area contributed by atoms with Crippen LogP contribution in [-0.4, -0.2) is 41.7 Å². The molecule has 3 rings (SSSR count). The third kappa shape index (κ3) is 4.52. The van der Waals surface area contributed by atoms with E-state index in [-0.39, 0.29) is 29.7 Å². The number of ether oxygens (including phenoxy) is 1. The molecular formula is C20H23ClN2O5. The Balaban J connectivity index is 1.47. The summed E-state index contributed by atoms with van der Waals surface area (Å²) in [4.78, 5) is 49.8. The Kier molecular flexibility index (Phi) is 6.34. The van der Waals surface area contributed by atoms with Crippen LogP contribution in [0.2, 0.25) is 5.02 Å². The van der Waals surface area contributed by atoms with Crippen molar-refractivity contribution in [1.82, 2.24) is 10.2 Å². The van der Waals surface area contributed by atoms with Crippen LogP contribution in [0.4, 0.5) is 0 Å². The highest BCUT2D eigenvalue weighted by Crippen LogP contribution is 2.37. The first-order valence-electron chi connectivity index (χ1n) is 9.42. The van der Waals surface area contributed by atoms with E-state index >= 15 is 0 Å². The number of amides is 3. The van der Waals surface area contributed by atoms with E-state index in [0.29, 0.717) is 17.9 Å². The first kappa shape index (κ1) is 20.3. The van der Waals surface area contributed by atoms with Crippen molar-refractivity contribution in [3.8, 4) is 0 Å². The van der Waals surface area contributed by atoms with Crippen LogP contribution in [0, 0.1) is 11.8 Å². The normalized spacial score (nSPS) is 22.6. The smallest absolute Gasteiger partial charge is 0.326 e. The van der Waals surface area contributed by atoms with E-state index < -0.39 is 25.0 Å². The van der Waals surface area contributed by atoms with Gasteiger partial charge in [0.15, 0.2) is 6.61 Å². The predicted octanol–water partition coefficient (Wildman–Crippen LogP) is 2.24. The standard InChI is InChI=1S/C20H23ClN2O5/c1-12(13-5-4-6-14(21)9-13)22-17(24)11-28-18(25)10-23-19(26)15-7-2-3-8-16(15)20(23)27/h4-6,9,12,15-16H,2-3,7-8,10-11H2,1H3,(H,22,24)/t12-,15+,16+/m1/s1. The Labute approximate surface area is 168 Å². The van der Waals surface area contributed by atoms with Crippen LogP contribution in [-0.2, 0) is 23.9 Å². The molecule has 7 nitrogen and oxygen atoms in total. The van der Waals surface area contributed by atoms with Gasteiger partial charge in [-0.25, -0.2) is 0 Å². The molecule has 1 saturated heterocycles. The Morgan fingerprint density at radius 2 is 1.86 bits per heavy atom. The summed E-state index contributed by atoms with van der Waals surface area (Å²) in [6.45, 7) is 0.864. The number of hydrogen-bond acceptors (Lipinski definition) is 5. The Morgan fingerprint density at radius 3 is 2.46 bits per heavy atom. The second-order valence-corrected chi connectivity index (χ2v) is 7.70.